The third-order valence-electron chi connectivity index (χ3n) is 6.06. The van der Waals surface area contributed by atoms with Crippen LogP contribution in [0.4, 0.5) is 0 Å². The predicted molar refractivity (Wildman–Crippen MR) is 126 cm³/mol. The maximum atomic E-state index is 12.7. The standard InChI is InChI=1S/C21H29ClN4O2.HI/c1-23-21(24-19-14-18(19)16-3-2-4-17(22)13-16)26-7-5-15(6-8-26)20(27)25-9-11-28-12-10-25;/h2-4,13,15,18-19H,5-12,14H2,1H3,(H,23,24);1H. The summed E-state index contributed by atoms with van der Waals surface area (Å²) in [5.41, 5.74) is 1.29. The topological polar surface area (TPSA) is 57.2 Å². The summed E-state index contributed by atoms with van der Waals surface area (Å²) in [7, 11) is 1.84. The van der Waals surface area contributed by atoms with E-state index in [0.717, 1.165) is 56.4 Å². The highest BCUT2D eigenvalue weighted by Gasteiger charge is 2.40. The Labute approximate surface area is 195 Å². The summed E-state index contributed by atoms with van der Waals surface area (Å²) in [6.45, 7) is 4.53. The minimum Gasteiger partial charge on any atom is -0.378 e. The van der Waals surface area contributed by atoms with Crippen LogP contribution >= 0.6 is 35.6 Å². The molecule has 0 aromatic heterocycles. The number of aliphatic imine (C=N–C) groups is 1. The van der Waals surface area contributed by atoms with Gasteiger partial charge in [0.15, 0.2) is 5.96 Å². The minimum atomic E-state index is 0. The van der Waals surface area contributed by atoms with Crippen LogP contribution in [0.5, 0.6) is 0 Å². The lowest BCUT2D eigenvalue weighted by Crippen LogP contribution is -2.50. The molecule has 160 valence electrons. The Bertz CT molecular complexity index is 733. The van der Waals surface area contributed by atoms with Crippen LogP contribution in [0.15, 0.2) is 29.3 Å². The van der Waals surface area contributed by atoms with E-state index in [1.54, 1.807) is 0 Å². The number of rotatable bonds is 3. The van der Waals surface area contributed by atoms with Crippen molar-refractivity contribution in [3.63, 3.8) is 0 Å². The molecule has 1 saturated carbocycles. The van der Waals surface area contributed by atoms with Crippen LogP contribution < -0.4 is 5.32 Å². The van der Waals surface area contributed by atoms with Gasteiger partial charge in [-0.1, -0.05) is 23.7 Å². The summed E-state index contributed by atoms with van der Waals surface area (Å²) in [5, 5.41) is 4.40. The van der Waals surface area contributed by atoms with Crippen molar-refractivity contribution < 1.29 is 9.53 Å². The van der Waals surface area contributed by atoms with Crippen molar-refractivity contribution in [2.75, 3.05) is 46.4 Å². The summed E-state index contributed by atoms with van der Waals surface area (Å²) in [5.74, 6) is 1.88. The van der Waals surface area contributed by atoms with E-state index < -0.39 is 0 Å². The molecule has 8 heteroatoms. The number of hydrogen-bond donors (Lipinski definition) is 1. The number of guanidine groups is 1. The maximum Gasteiger partial charge on any atom is 0.225 e. The Kier molecular flexibility index (Phi) is 8.04. The van der Waals surface area contributed by atoms with Gasteiger partial charge in [0, 0.05) is 56.1 Å². The largest absolute Gasteiger partial charge is 0.378 e. The molecule has 2 unspecified atom stereocenters. The van der Waals surface area contributed by atoms with Crippen molar-refractivity contribution in [1.82, 2.24) is 15.1 Å². The summed E-state index contributed by atoms with van der Waals surface area (Å²) < 4.78 is 5.36. The fourth-order valence-electron chi connectivity index (χ4n) is 4.30. The maximum absolute atomic E-state index is 12.7. The van der Waals surface area contributed by atoms with E-state index in [4.69, 9.17) is 16.3 Å². The zero-order valence-electron chi connectivity index (χ0n) is 16.8. The molecule has 2 aliphatic heterocycles. The predicted octanol–water partition coefficient (Wildman–Crippen LogP) is 2.96. The van der Waals surface area contributed by atoms with E-state index in [0.29, 0.717) is 31.1 Å². The Balaban J connectivity index is 0.00000240. The van der Waals surface area contributed by atoms with Crippen molar-refractivity contribution in [3.05, 3.63) is 34.9 Å². The Morgan fingerprint density at radius 2 is 1.90 bits per heavy atom. The van der Waals surface area contributed by atoms with E-state index in [1.165, 1.54) is 5.56 Å². The van der Waals surface area contributed by atoms with Crippen molar-refractivity contribution in [3.8, 4) is 0 Å². The average Bonchev–Trinajstić information content (AvgIpc) is 3.52. The number of nitrogens with zero attached hydrogens (tertiary/aromatic N) is 3. The van der Waals surface area contributed by atoms with Gasteiger partial charge in [-0.05, 0) is 37.0 Å². The highest BCUT2D eigenvalue weighted by molar-refractivity contribution is 14.0. The van der Waals surface area contributed by atoms with Gasteiger partial charge in [-0.3, -0.25) is 9.79 Å². The monoisotopic (exact) mass is 532 g/mol. The molecule has 0 bridgehead atoms. The van der Waals surface area contributed by atoms with Crippen LogP contribution in [0, 0.1) is 5.92 Å². The molecule has 2 saturated heterocycles. The van der Waals surface area contributed by atoms with Crippen molar-refractivity contribution in [1.29, 1.82) is 0 Å². The molecule has 3 fully saturated rings. The van der Waals surface area contributed by atoms with Crippen LogP contribution in [0.3, 0.4) is 0 Å². The number of nitrogens with one attached hydrogen (secondary N) is 1. The Morgan fingerprint density at radius 1 is 1.17 bits per heavy atom. The fraction of sp³-hybridized carbons (Fsp3) is 0.619. The minimum absolute atomic E-state index is 0. The van der Waals surface area contributed by atoms with Gasteiger partial charge in [-0.2, -0.15) is 0 Å². The molecule has 1 amide bonds. The molecule has 1 aromatic carbocycles. The van der Waals surface area contributed by atoms with Gasteiger partial charge in [-0.25, -0.2) is 0 Å². The van der Waals surface area contributed by atoms with Gasteiger partial charge in [0.05, 0.1) is 13.2 Å². The fourth-order valence-corrected chi connectivity index (χ4v) is 4.50. The Morgan fingerprint density at radius 3 is 2.55 bits per heavy atom. The number of piperidine rings is 1. The summed E-state index contributed by atoms with van der Waals surface area (Å²) in [6, 6.07) is 8.53. The number of ether oxygens (including phenoxy) is 1. The van der Waals surface area contributed by atoms with Crippen LogP contribution in [-0.2, 0) is 9.53 Å². The molecule has 4 rings (SSSR count). The summed E-state index contributed by atoms with van der Waals surface area (Å²) >= 11 is 6.12. The molecular formula is C21H30ClIN4O2. The smallest absolute Gasteiger partial charge is 0.225 e. The third kappa shape index (κ3) is 5.55. The zero-order valence-corrected chi connectivity index (χ0v) is 19.9. The van der Waals surface area contributed by atoms with Crippen LogP contribution in [-0.4, -0.2) is 74.1 Å². The number of amides is 1. The molecule has 1 aliphatic carbocycles. The summed E-state index contributed by atoms with van der Waals surface area (Å²) in [6.07, 6.45) is 2.88. The number of halogens is 2. The second-order valence-corrected chi connectivity index (χ2v) is 8.33. The summed E-state index contributed by atoms with van der Waals surface area (Å²) in [4.78, 5) is 21.5. The van der Waals surface area contributed by atoms with Crippen molar-refractivity contribution >= 4 is 47.4 Å². The van der Waals surface area contributed by atoms with E-state index >= 15 is 0 Å². The van der Waals surface area contributed by atoms with Gasteiger partial charge < -0.3 is 19.9 Å². The first-order chi connectivity index (χ1) is 13.7. The molecule has 2 heterocycles. The molecular weight excluding hydrogens is 503 g/mol. The number of likely N-dealkylation sites (tertiary alicyclic amines) is 1. The second-order valence-electron chi connectivity index (χ2n) is 7.89. The number of hydrogen-bond acceptors (Lipinski definition) is 3. The van der Waals surface area contributed by atoms with E-state index in [1.807, 2.05) is 24.1 Å². The van der Waals surface area contributed by atoms with Gasteiger partial charge in [0.2, 0.25) is 5.91 Å². The molecule has 29 heavy (non-hydrogen) atoms. The molecule has 0 radical (unpaired) electrons. The molecule has 2 atom stereocenters. The van der Waals surface area contributed by atoms with Crippen LogP contribution in [0.2, 0.25) is 5.02 Å². The second kappa shape index (κ2) is 10.3. The quantitative estimate of drug-likeness (QED) is 0.370. The lowest BCUT2D eigenvalue weighted by atomic mass is 9.95. The molecule has 3 aliphatic rings. The van der Waals surface area contributed by atoms with Crippen LogP contribution in [0.25, 0.3) is 0 Å². The lowest BCUT2D eigenvalue weighted by Gasteiger charge is -2.36. The average molecular weight is 533 g/mol. The number of carbonyl (C=O) groups is 1. The van der Waals surface area contributed by atoms with E-state index in [-0.39, 0.29) is 29.9 Å². The van der Waals surface area contributed by atoms with Gasteiger partial charge >= 0.3 is 0 Å². The lowest BCUT2D eigenvalue weighted by molar-refractivity contribution is -0.140. The molecule has 1 N–H and O–H groups in total. The van der Waals surface area contributed by atoms with E-state index in [2.05, 4.69) is 27.3 Å². The van der Waals surface area contributed by atoms with Crippen molar-refractivity contribution in [2.24, 2.45) is 10.9 Å². The van der Waals surface area contributed by atoms with Gasteiger partial charge in [0.1, 0.15) is 0 Å². The molecule has 6 nitrogen and oxygen atoms in total. The third-order valence-corrected chi connectivity index (χ3v) is 6.30. The van der Waals surface area contributed by atoms with E-state index in [9.17, 15) is 4.79 Å². The van der Waals surface area contributed by atoms with Crippen molar-refractivity contribution in [2.45, 2.75) is 31.2 Å². The molecule has 0 spiro atoms. The van der Waals surface area contributed by atoms with Gasteiger partial charge in [0.25, 0.3) is 0 Å². The highest BCUT2D eigenvalue weighted by Crippen LogP contribution is 2.41. The highest BCUT2D eigenvalue weighted by atomic mass is 127. The number of benzene rings is 1. The zero-order chi connectivity index (χ0) is 19.5. The first-order valence-corrected chi connectivity index (χ1v) is 10.6. The normalized spacial score (nSPS) is 25.4. The number of morpholine rings is 1. The molecule has 1 aromatic rings. The number of carbonyl (C=O) groups excluding carboxylic acids is 1. The van der Waals surface area contributed by atoms with Gasteiger partial charge in [-0.15, -0.1) is 24.0 Å². The van der Waals surface area contributed by atoms with Crippen LogP contribution in [0.1, 0.15) is 30.7 Å². The first kappa shape index (κ1) is 22.6. The Hall–Kier alpha value is -1.06. The first-order valence-electron chi connectivity index (χ1n) is 10.3. The SMILES string of the molecule is CN=C(NC1CC1c1cccc(Cl)c1)N1CCC(C(=O)N2CCOCC2)CC1.I.